The van der Waals surface area contributed by atoms with E-state index in [0.717, 1.165) is 32.6 Å². The molecule has 1 saturated heterocycles. The second-order valence-corrected chi connectivity index (χ2v) is 6.14. The van der Waals surface area contributed by atoms with Crippen molar-refractivity contribution in [3.8, 4) is 0 Å². The van der Waals surface area contributed by atoms with Crippen molar-refractivity contribution in [3.63, 3.8) is 0 Å². The molecule has 0 radical (unpaired) electrons. The Morgan fingerprint density at radius 3 is 2.94 bits per heavy atom. The van der Waals surface area contributed by atoms with Crippen LogP contribution in [0.25, 0.3) is 0 Å². The van der Waals surface area contributed by atoms with Gasteiger partial charge < -0.3 is 11.5 Å². The molecule has 1 unspecified atom stereocenters. The number of nitrogens with two attached hydrogens (primary N) is 2. The number of thiophene rings is 1. The minimum absolute atomic E-state index is 0.254. The first-order valence-corrected chi connectivity index (χ1v) is 6.70. The van der Waals surface area contributed by atoms with Crippen LogP contribution in [0.2, 0.25) is 0 Å². The summed E-state index contributed by atoms with van der Waals surface area (Å²) in [6.45, 7) is 5.98. The average molecular weight is 253 g/mol. The van der Waals surface area contributed by atoms with Crippen LogP contribution in [0.1, 0.15) is 28.6 Å². The number of hydrogen-bond acceptors (Lipinski definition) is 4. The van der Waals surface area contributed by atoms with Crippen LogP contribution in [0.3, 0.4) is 0 Å². The maximum atomic E-state index is 11.0. The second-order valence-electron chi connectivity index (χ2n) is 5.14. The van der Waals surface area contributed by atoms with Gasteiger partial charge in [0.05, 0.1) is 5.56 Å². The zero-order valence-corrected chi connectivity index (χ0v) is 10.9. The third kappa shape index (κ3) is 2.86. The number of amides is 1. The van der Waals surface area contributed by atoms with E-state index in [9.17, 15) is 4.79 Å². The summed E-state index contributed by atoms with van der Waals surface area (Å²) in [4.78, 5) is 14.6. The smallest absolute Gasteiger partial charge is 0.249 e. The van der Waals surface area contributed by atoms with E-state index in [0.29, 0.717) is 5.56 Å². The van der Waals surface area contributed by atoms with Crippen LogP contribution in [0.5, 0.6) is 0 Å². The lowest BCUT2D eigenvalue weighted by atomic mass is 9.90. The quantitative estimate of drug-likeness (QED) is 0.841. The maximum absolute atomic E-state index is 11.0. The predicted molar refractivity (Wildman–Crippen MR) is 69.9 cm³/mol. The zero-order valence-electron chi connectivity index (χ0n) is 10.1. The molecule has 1 aromatic heterocycles. The summed E-state index contributed by atoms with van der Waals surface area (Å²) < 4.78 is 0. The fraction of sp³-hybridized carbons (Fsp3) is 0.583. The molecular formula is C12H19N3OS. The highest BCUT2D eigenvalue weighted by atomic mass is 32.1. The number of primary amides is 1. The molecular weight excluding hydrogens is 234 g/mol. The molecule has 2 heterocycles. The van der Waals surface area contributed by atoms with E-state index in [-0.39, 0.29) is 11.3 Å². The predicted octanol–water partition coefficient (Wildman–Crippen LogP) is 1.02. The molecule has 1 aromatic rings. The van der Waals surface area contributed by atoms with Crippen LogP contribution < -0.4 is 11.5 Å². The van der Waals surface area contributed by atoms with Crippen LogP contribution in [-0.2, 0) is 6.54 Å². The van der Waals surface area contributed by atoms with Gasteiger partial charge in [-0.05, 0) is 31.0 Å². The standard InChI is InChI=1S/C12H19N3OS/c1-12(7-13)2-3-15(8-12)5-10-4-9(6-17-10)11(14)16/h4,6H,2-3,5,7-8,13H2,1H3,(H2,14,16). The first kappa shape index (κ1) is 12.5. The summed E-state index contributed by atoms with van der Waals surface area (Å²) in [6, 6.07) is 1.89. The van der Waals surface area contributed by atoms with E-state index in [1.54, 1.807) is 11.3 Å². The summed E-state index contributed by atoms with van der Waals surface area (Å²) >= 11 is 1.60. The maximum Gasteiger partial charge on any atom is 0.249 e. The van der Waals surface area contributed by atoms with Crippen LogP contribution in [0.15, 0.2) is 11.4 Å². The number of nitrogens with zero attached hydrogens (tertiary/aromatic N) is 1. The van der Waals surface area contributed by atoms with E-state index >= 15 is 0 Å². The fourth-order valence-electron chi connectivity index (χ4n) is 2.24. The Hall–Kier alpha value is -0.910. The number of carbonyl (C=O) groups excluding carboxylic acids is 1. The molecule has 1 amide bonds. The van der Waals surface area contributed by atoms with Gasteiger partial charge in [-0.25, -0.2) is 0 Å². The van der Waals surface area contributed by atoms with Crippen molar-refractivity contribution < 1.29 is 4.79 Å². The van der Waals surface area contributed by atoms with Gasteiger partial charge in [-0.1, -0.05) is 6.92 Å². The molecule has 1 aliphatic heterocycles. The van der Waals surface area contributed by atoms with Crippen molar-refractivity contribution in [1.29, 1.82) is 0 Å². The molecule has 17 heavy (non-hydrogen) atoms. The lowest BCUT2D eigenvalue weighted by Crippen LogP contribution is -2.30. The van der Waals surface area contributed by atoms with Gasteiger partial charge in [0.25, 0.3) is 0 Å². The molecule has 0 aromatic carbocycles. The van der Waals surface area contributed by atoms with Crippen molar-refractivity contribution in [1.82, 2.24) is 4.90 Å². The van der Waals surface area contributed by atoms with Crippen molar-refractivity contribution in [3.05, 3.63) is 21.9 Å². The van der Waals surface area contributed by atoms with Crippen molar-refractivity contribution in [2.24, 2.45) is 16.9 Å². The van der Waals surface area contributed by atoms with Gasteiger partial charge in [-0.3, -0.25) is 9.69 Å². The van der Waals surface area contributed by atoms with Gasteiger partial charge in [0.1, 0.15) is 0 Å². The summed E-state index contributed by atoms with van der Waals surface area (Å²) in [5.74, 6) is -0.347. The molecule has 4 nitrogen and oxygen atoms in total. The van der Waals surface area contributed by atoms with Crippen molar-refractivity contribution >= 4 is 17.2 Å². The Morgan fingerprint density at radius 1 is 1.65 bits per heavy atom. The van der Waals surface area contributed by atoms with Gasteiger partial charge in [-0.15, -0.1) is 11.3 Å². The summed E-state index contributed by atoms with van der Waals surface area (Å²) in [5, 5.41) is 1.83. The molecule has 1 aliphatic rings. The highest BCUT2D eigenvalue weighted by Crippen LogP contribution is 2.30. The summed E-state index contributed by atoms with van der Waals surface area (Å²) in [6.07, 6.45) is 1.15. The number of hydrogen-bond donors (Lipinski definition) is 2. The summed E-state index contributed by atoms with van der Waals surface area (Å²) in [5.41, 5.74) is 11.9. The Kier molecular flexibility index (Phi) is 3.51. The minimum atomic E-state index is -0.347. The molecule has 0 spiro atoms. The van der Waals surface area contributed by atoms with Crippen molar-refractivity contribution in [2.75, 3.05) is 19.6 Å². The van der Waals surface area contributed by atoms with E-state index < -0.39 is 0 Å². The molecule has 0 saturated carbocycles. The molecule has 2 rings (SSSR count). The SMILES string of the molecule is CC1(CN)CCN(Cc2cc(C(N)=O)cs2)C1. The van der Waals surface area contributed by atoms with E-state index in [4.69, 9.17) is 11.5 Å². The number of carbonyl (C=O) groups is 1. The normalized spacial score (nSPS) is 25.3. The third-order valence-corrected chi connectivity index (χ3v) is 4.37. The molecule has 94 valence electrons. The van der Waals surface area contributed by atoms with Gasteiger partial charge in [0.15, 0.2) is 0 Å². The van der Waals surface area contributed by atoms with E-state index in [1.807, 2.05) is 11.4 Å². The van der Waals surface area contributed by atoms with E-state index in [1.165, 1.54) is 4.88 Å². The lowest BCUT2D eigenvalue weighted by Gasteiger charge is -2.22. The first-order chi connectivity index (χ1) is 8.02. The van der Waals surface area contributed by atoms with Crippen LogP contribution >= 0.6 is 11.3 Å². The van der Waals surface area contributed by atoms with Gasteiger partial charge in [0.2, 0.25) is 5.91 Å². The fourth-order valence-corrected chi connectivity index (χ4v) is 3.16. The zero-order chi connectivity index (χ0) is 12.5. The van der Waals surface area contributed by atoms with Crippen molar-refractivity contribution in [2.45, 2.75) is 19.9 Å². The van der Waals surface area contributed by atoms with Crippen LogP contribution in [-0.4, -0.2) is 30.4 Å². The molecule has 0 aliphatic carbocycles. The number of rotatable bonds is 4. The Labute approximate surface area is 106 Å². The second kappa shape index (κ2) is 4.76. The average Bonchev–Trinajstić information content (AvgIpc) is 2.87. The van der Waals surface area contributed by atoms with Gasteiger partial charge in [-0.2, -0.15) is 0 Å². The highest BCUT2D eigenvalue weighted by Gasteiger charge is 2.32. The van der Waals surface area contributed by atoms with Gasteiger partial charge in [0, 0.05) is 23.3 Å². The highest BCUT2D eigenvalue weighted by molar-refractivity contribution is 7.10. The Morgan fingerprint density at radius 2 is 2.41 bits per heavy atom. The largest absolute Gasteiger partial charge is 0.366 e. The number of likely N-dealkylation sites (tertiary alicyclic amines) is 1. The Balaban J connectivity index is 1.96. The lowest BCUT2D eigenvalue weighted by molar-refractivity contribution is 0.100. The molecule has 1 atom stereocenters. The van der Waals surface area contributed by atoms with Crippen LogP contribution in [0.4, 0.5) is 0 Å². The van der Waals surface area contributed by atoms with E-state index in [2.05, 4.69) is 11.8 Å². The topological polar surface area (TPSA) is 72.3 Å². The first-order valence-electron chi connectivity index (χ1n) is 5.82. The Bertz CT molecular complexity index is 418. The molecule has 4 N–H and O–H groups in total. The molecule has 1 fully saturated rings. The van der Waals surface area contributed by atoms with Crippen LogP contribution in [0, 0.1) is 5.41 Å². The summed E-state index contributed by atoms with van der Waals surface area (Å²) in [7, 11) is 0. The minimum Gasteiger partial charge on any atom is -0.366 e. The molecule has 5 heteroatoms. The third-order valence-electron chi connectivity index (χ3n) is 3.45. The monoisotopic (exact) mass is 253 g/mol. The van der Waals surface area contributed by atoms with Gasteiger partial charge >= 0.3 is 0 Å². The molecule has 0 bridgehead atoms.